The standard InChI is InChI=1S/C27H36FN3O4/c1-34-13-14-35-23-8-9-25(28)24(16-23)21(15-26(32)33)18-31-12-10-19(17-31)4-6-22-7-5-20-3-2-11-29-27(20)30-22/h5,7-9,16,19,21H,2-4,6,10-15,17-18H2,1H3,(H,29,30)(H,32,33)/t19-,21?/m1/s1. The number of carboxylic acid groups (broad SMARTS) is 1. The number of hydrogen-bond acceptors (Lipinski definition) is 6. The van der Waals surface area contributed by atoms with Crippen molar-refractivity contribution in [1.82, 2.24) is 9.88 Å². The number of pyridine rings is 1. The van der Waals surface area contributed by atoms with Crippen LogP contribution in [0.1, 0.15) is 48.4 Å². The number of hydrogen-bond donors (Lipinski definition) is 2. The summed E-state index contributed by atoms with van der Waals surface area (Å²) in [6.07, 6.45) is 5.17. The Kier molecular flexibility index (Phi) is 8.93. The van der Waals surface area contributed by atoms with Gasteiger partial charge in [-0.3, -0.25) is 4.79 Å². The Morgan fingerprint density at radius 2 is 2.20 bits per heavy atom. The molecule has 2 atom stereocenters. The van der Waals surface area contributed by atoms with Crippen molar-refractivity contribution in [3.8, 4) is 5.75 Å². The predicted molar refractivity (Wildman–Crippen MR) is 133 cm³/mol. The van der Waals surface area contributed by atoms with Gasteiger partial charge in [0.25, 0.3) is 0 Å². The number of methoxy groups -OCH3 is 1. The third-order valence-corrected chi connectivity index (χ3v) is 6.99. The molecule has 1 unspecified atom stereocenters. The summed E-state index contributed by atoms with van der Waals surface area (Å²) in [6.45, 7) is 4.08. The highest BCUT2D eigenvalue weighted by atomic mass is 19.1. The van der Waals surface area contributed by atoms with Gasteiger partial charge < -0.3 is 24.8 Å². The van der Waals surface area contributed by atoms with E-state index in [1.165, 1.54) is 11.6 Å². The molecule has 2 aliphatic rings. The zero-order valence-electron chi connectivity index (χ0n) is 20.5. The summed E-state index contributed by atoms with van der Waals surface area (Å²) in [5.41, 5.74) is 2.82. The minimum absolute atomic E-state index is 0.119. The number of aliphatic carboxylic acids is 1. The summed E-state index contributed by atoms with van der Waals surface area (Å²) in [6, 6.07) is 8.92. The van der Waals surface area contributed by atoms with Gasteiger partial charge in [-0.25, -0.2) is 9.37 Å². The number of anilines is 1. The number of rotatable bonds is 12. The van der Waals surface area contributed by atoms with Gasteiger partial charge in [-0.2, -0.15) is 0 Å². The van der Waals surface area contributed by atoms with E-state index in [1.807, 2.05) is 0 Å². The lowest BCUT2D eigenvalue weighted by atomic mass is 9.94. The molecule has 0 saturated carbocycles. The number of fused-ring (bicyclic) bond motifs is 1. The molecule has 4 rings (SSSR count). The summed E-state index contributed by atoms with van der Waals surface area (Å²) >= 11 is 0. The van der Waals surface area contributed by atoms with E-state index in [0.717, 1.165) is 63.3 Å². The van der Waals surface area contributed by atoms with E-state index in [4.69, 9.17) is 14.5 Å². The molecule has 7 nitrogen and oxygen atoms in total. The molecule has 190 valence electrons. The Hall–Kier alpha value is -2.71. The second-order valence-corrected chi connectivity index (χ2v) is 9.61. The van der Waals surface area contributed by atoms with E-state index in [-0.39, 0.29) is 6.42 Å². The molecule has 2 N–H and O–H groups in total. The monoisotopic (exact) mass is 485 g/mol. The first-order valence-electron chi connectivity index (χ1n) is 12.6. The number of ether oxygens (including phenoxy) is 2. The lowest BCUT2D eigenvalue weighted by Crippen LogP contribution is -2.28. The van der Waals surface area contributed by atoms with Gasteiger partial charge in [-0.15, -0.1) is 0 Å². The van der Waals surface area contributed by atoms with Crippen LogP contribution in [0.25, 0.3) is 0 Å². The molecule has 0 spiro atoms. The number of aryl methyl sites for hydroxylation is 2. The van der Waals surface area contributed by atoms with Crippen LogP contribution in [0, 0.1) is 11.7 Å². The summed E-state index contributed by atoms with van der Waals surface area (Å²) < 4.78 is 25.4. The van der Waals surface area contributed by atoms with Gasteiger partial charge in [0.1, 0.15) is 24.0 Å². The van der Waals surface area contributed by atoms with Crippen LogP contribution in [-0.2, 0) is 22.4 Å². The number of likely N-dealkylation sites (tertiary alicyclic amines) is 1. The molecular weight excluding hydrogens is 449 g/mol. The normalized spacial score (nSPS) is 18.6. The lowest BCUT2D eigenvalue weighted by molar-refractivity contribution is -0.137. The van der Waals surface area contributed by atoms with Gasteiger partial charge in [0.2, 0.25) is 0 Å². The minimum Gasteiger partial charge on any atom is -0.491 e. The molecule has 2 aromatic rings. The molecule has 35 heavy (non-hydrogen) atoms. The molecule has 0 radical (unpaired) electrons. The Bertz CT molecular complexity index is 1000. The van der Waals surface area contributed by atoms with Crippen molar-refractivity contribution in [1.29, 1.82) is 0 Å². The molecular formula is C27H36FN3O4. The number of carboxylic acids is 1. The van der Waals surface area contributed by atoms with Gasteiger partial charge in [0.05, 0.1) is 13.0 Å². The maximum absolute atomic E-state index is 14.7. The average Bonchev–Trinajstić information content (AvgIpc) is 3.30. The largest absolute Gasteiger partial charge is 0.491 e. The first kappa shape index (κ1) is 25.4. The molecule has 0 bridgehead atoms. The van der Waals surface area contributed by atoms with Gasteiger partial charge in [0.15, 0.2) is 0 Å². The molecule has 1 saturated heterocycles. The fourth-order valence-electron chi connectivity index (χ4n) is 5.14. The smallest absolute Gasteiger partial charge is 0.304 e. The third kappa shape index (κ3) is 7.15. The van der Waals surface area contributed by atoms with E-state index < -0.39 is 17.7 Å². The van der Waals surface area contributed by atoms with Crippen molar-refractivity contribution in [3.05, 3.63) is 53.0 Å². The second kappa shape index (κ2) is 12.3. The highest BCUT2D eigenvalue weighted by molar-refractivity contribution is 5.68. The zero-order valence-corrected chi connectivity index (χ0v) is 20.5. The lowest BCUT2D eigenvalue weighted by Gasteiger charge is -2.24. The van der Waals surface area contributed by atoms with Crippen molar-refractivity contribution in [2.24, 2.45) is 5.92 Å². The van der Waals surface area contributed by atoms with Crippen LogP contribution in [0.5, 0.6) is 5.75 Å². The highest BCUT2D eigenvalue weighted by Crippen LogP contribution is 2.31. The average molecular weight is 486 g/mol. The highest BCUT2D eigenvalue weighted by Gasteiger charge is 2.28. The number of halogens is 1. The van der Waals surface area contributed by atoms with Crippen LogP contribution in [0.3, 0.4) is 0 Å². The zero-order chi connectivity index (χ0) is 24.6. The molecule has 8 heteroatoms. The van der Waals surface area contributed by atoms with Crippen molar-refractivity contribution in [2.45, 2.75) is 44.4 Å². The van der Waals surface area contributed by atoms with Gasteiger partial charge >= 0.3 is 5.97 Å². The maximum Gasteiger partial charge on any atom is 0.304 e. The predicted octanol–water partition coefficient (Wildman–Crippen LogP) is 4.12. The van der Waals surface area contributed by atoms with Gasteiger partial charge in [-0.1, -0.05) is 6.07 Å². The summed E-state index contributed by atoms with van der Waals surface area (Å²) in [4.78, 5) is 18.7. The van der Waals surface area contributed by atoms with Crippen molar-refractivity contribution >= 4 is 11.8 Å². The van der Waals surface area contributed by atoms with E-state index >= 15 is 0 Å². The number of nitrogens with one attached hydrogen (secondary N) is 1. The van der Waals surface area contributed by atoms with E-state index in [9.17, 15) is 14.3 Å². The number of nitrogens with zero attached hydrogens (tertiary/aromatic N) is 2. The molecule has 1 aromatic heterocycles. The first-order valence-corrected chi connectivity index (χ1v) is 12.6. The van der Waals surface area contributed by atoms with Gasteiger partial charge in [-0.05, 0) is 80.0 Å². The maximum atomic E-state index is 14.7. The molecule has 3 heterocycles. The Balaban J connectivity index is 1.34. The second-order valence-electron chi connectivity index (χ2n) is 9.61. The molecule has 0 amide bonds. The van der Waals surface area contributed by atoms with Crippen LogP contribution in [0.2, 0.25) is 0 Å². The fourth-order valence-corrected chi connectivity index (χ4v) is 5.14. The van der Waals surface area contributed by atoms with E-state index in [2.05, 4.69) is 22.3 Å². The topological polar surface area (TPSA) is 83.9 Å². The summed E-state index contributed by atoms with van der Waals surface area (Å²) in [5, 5.41) is 12.9. The Morgan fingerprint density at radius 3 is 3.03 bits per heavy atom. The van der Waals surface area contributed by atoms with Gasteiger partial charge in [0, 0.05) is 38.4 Å². The van der Waals surface area contributed by atoms with Crippen LogP contribution in [0.15, 0.2) is 30.3 Å². The quantitative estimate of drug-likeness (QED) is 0.438. The first-order chi connectivity index (χ1) is 17.0. The molecule has 0 aliphatic carbocycles. The van der Waals surface area contributed by atoms with E-state index in [0.29, 0.717) is 37.0 Å². The van der Waals surface area contributed by atoms with E-state index in [1.54, 1.807) is 19.2 Å². The van der Waals surface area contributed by atoms with Crippen molar-refractivity contribution < 1.29 is 23.8 Å². The fraction of sp³-hybridized carbons (Fsp3) is 0.556. The van der Waals surface area contributed by atoms with Crippen molar-refractivity contribution in [3.63, 3.8) is 0 Å². The minimum atomic E-state index is -0.928. The molecule has 1 fully saturated rings. The number of aromatic nitrogens is 1. The Labute approximate surface area is 206 Å². The SMILES string of the molecule is COCCOc1ccc(F)c(C(CC(=O)O)CN2CC[C@@H](CCc3ccc4c(n3)NCCC4)C2)c1. The van der Waals surface area contributed by atoms with Crippen LogP contribution >= 0.6 is 0 Å². The third-order valence-electron chi connectivity index (χ3n) is 6.99. The van der Waals surface area contributed by atoms with Crippen molar-refractivity contribution in [2.75, 3.05) is 51.8 Å². The molecule has 2 aliphatic heterocycles. The van der Waals surface area contributed by atoms with Crippen LogP contribution in [-0.4, -0.2) is 67.5 Å². The summed E-state index contributed by atoms with van der Waals surface area (Å²) in [5.74, 6) is 0.334. The number of carbonyl (C=O) groups is 1. The Morgan fingerprint density at radius 1 is 1.31 bits per heavy atom. The molecule has 1 aromatic carbocycles. The summed E-state index contributed by atoms with van der Waals surface area (Å²) in [7, 11) is 1.59. The van der Waals surface area contributed by atoms with Crippen LogP contribution < -0.4 is 10.1 Å². The number of benzene rings is 1. The van der Waals surface area contributed by atoms with Crippen LogP contribution in [0.4, 0.5) is 10.2 Å².